The molecule has 62 heavy (non-hydrogen) atoms. The van der Waals surface area contributed by atoms with Gasteiger partial charge in [0.05, 0.1) is 11.4 Å². The van der Waals surface area contributed by atoms with Crippen molar-refractivity contribution in [1.82, 2.24) is 0 Å². The van der Waals surface area contributed by atoms with Crippen molar-refractivity contribution in [3.8, 4) is 11.1 Å². The van der Waals surface area contributed by atoms with Gasteiger partial charge in [-0.3, -0.25) is 0 Å². The summed E-state index contributed by atoms with van der Waals surface area (Å²) in [5.74, 6) is 0. The Morgan fingerprint density at radius 2 is 0.952 bits per heavy atom. The molecule has 0 atom stereocenters. The van der Waals surface area contributed by atoms with Gasteiger partial charge in [0.15, 0.2) is 0 Å². The third-order valence-corrected chi connectivity index (χ3v) is 14.2. The van der Waals surface area contributed by atoms with Crippen molar-refractivity contribution in [3.05, 3.63) is 200 Å². The number of hydrogen-bond acceptors (Lipinski definition) is 4. The molecule has 14 aromatic rings. The molecule has 0 aliphatic carbocycles. The van der Waals surface area contributed by atoms with E-state index in [-0.39, 0.29) is 0 Å². The topological polar surface area (TPSA) is 29.5 Å². The first-order valence-corrected chi connectivity index (χ1v) is 21.9. The molecule has 0 aliphatic rings. The average Bonchev–Trinajstić information content (AvgIpc) is 4.03. The van der Waals surface area contributed by atoms with Crippen LogP contribution in [-0.2, 0) is 0 Å². The zero-order valence-electron chi connectivity index (χ0n) is 33.2. The molecule has 14 rings (SSSR count). The Kier molecular flexibility index (Phi) is 6.99. The second kappa shape index (κ2) is 12.8. The highest BCUT2D eigenvalue weighted by Crippen LogP contribution is 2.52. The lowest BCUT2D eigenvalue weighted by molar-refractivity contribution is 0.669. The van der Waals surface area contributed by atoms with E-state index in [1.54, 1.807) is 0 Å². The van der Waals surface area contributed by atoms with Gasteiger partial charge in [-0.2, -0.15) is 0 Å². The lowest BCUT2D eigenvalue weighted by atomic mass is 9.89. The lowest BCUT2D eigenvalue weighted by Gasteiger charge is -2.30. The van der Waals surface area contributed by atoms with Crippen molar-refractivity contribution >= 4 is 136 Å². The molecule has 3 heterocycles. The predicted molar refractivity (Wildman–Crippen MR) is 264 cm³/mol. The molecule has 0 N–H and O–H groups in total. The molecule has 0 amide bonds. The Balaban J connectivity index is 1.18. The highest BCUT2D eigenvalue weighted by Gasteiger charge is 2.26. The van der Waals surface area contributed by atoms with Crippen LogP contribution in [0.4, 0.5) is 17.1 Å². The highest BCUT2D eigenvalue weighted by atomic mass is 32.1. The summed E-state index contributed by atoms with van der Waals surface area (Å²) in [6, 6.07) is 72.8. The summed E-state index contributed by atoms with van der Waals surface area (Å²) in [5.41, 5.74) is 9.01. The monoisotopic (exact) mass is 807 g/mol. The SMILES string of the molecule is c1ccc2c(c1)ccc1c2oc2cccc(-c3cc4c5ccccc5c5ccccc5c4cc3N(c3ccc4oc5ccccc5c4c3)c3cccc4sc5ccccc5c34)c21. The van der Waals surface area contributed by atoms with Crippen LogP contribution in [0.25, 0.3) is 118 Å². The first-order valence-electron chi connectivity index (χ1n) is 21.1. The van der Waals surface area contributed by atoms with Crippen LogP contribution in [0.2, 0.25) is 0 Å². The van der Waals surface area contributed by atoms with Crippen molar-refractivity contribution in [2.75, 3.05) is 4.90 Å². The van der Waals surface area contributed by atoms with Gasteiger partial charge in [0.2, 0.25) is 0 Å². The van der Waals surface area contributed by atoms with Crippen molar-refractivity contribution in [2.45, 2.75) is 0 Å². The maximum atomic E-state index is 6.87. The molecule has 11 aromatic carbocycles. The van der Waals surface area contributed by atoms with E-state index in [1.165, 1.54) is 52.5 Å². The summed E-state index contributed by atoms with van der Waals surface area (Å²) in [5, 5.41) is 16.5. The smallest absolute Gasteiger partial charge is 0.143 e. The molecule has 0 unspecified atom stereocenters. The van der Waals surface area contributed by atoms with Gasteiger partial charge in [-0.15, -0.1) is 11.3 Å². The van der Waals surface area contributed by atoms with Gasteiger partial charge in [-0.1, -0.05) is 133 Å². The largest absolute Gasteiger partial charge is 0.456 e. The summed E-state index contributed by atoms with van der Waals surface area (Å²) in [6.45, 7) is 0. The first kappa shape index (κ1) is 33.9. The summed E-state index contributed by atoms with van der Waals surface area (Å²) < 4.78 is 15.8. The standard InChI is InChI=1S/C58H33NO2S/c1-2-14-36-34(13-1)27-29-44-56-42(21-11-24-53(56)61-58(36)44)47-32-45-39-17-5-3-15-37(39)38-16-4-6-18-40(38)46(45)33-50(47)59(35-28-30-52-48(31-35)41-19-7-9-23-51(41)60-52)49-22-12-26-55-57(49)43-20-8-10-25-54(43)62-55/h1-33H. The molecule has 3 aromatic heterocycles. The number of rotatable bonds is 4. The number of thiophene rings is 1. The molecule has 288 valence electrons. The first-order chi connectivity index (χ1) is 30.7. The molecule has 0 spiro atoms. The lowest BCUT2D eigenvalue weighted by Crippen LogP contribution is -2.12. The molecule has 4 heteroatoms. The summed E-state index contributed by atoms with van der Waals surface area (Å²) >= 11 is 1.85. The van der Waals surface area contributed by atoms with Crippen molar-refractivity contribution in [2.24, 2.45) is 0 Å². The molecule has 3 nitrogen and oxygen atoms in total. The fourth-order valence-electron chi connectivity index (χ4n) is 10.3. The number of hydrogen-bond donors (Lipinski definition) is 0. The molecular weight excluding hydrogens is 775 g/mol. The number of benzene rings is 11. The van der Waals surface area contributed by atoms with E-state index in [2.05, 4.69) is 199 Å². The fraction of sp³-hybridized carbons (Fsp3) is 0. The van der Waals surface area contributed by atoms with Gasteiger partial charge in [0, 0.05) is 58.4 Å². The van der Waals surface area contributed by atoms with Crippen LogP contribution in [0.1, 0.15) is 0 Å². The maximum Gasteiger partial charge on any atom is 0.143 e. The zero-order chi connectivity index (χ0) is 40.5. The number of nitrogens with zero attached hydrogens (tertiary/aromatic N) is 1. The number of fused-ring (bicyclic) bond motifs is 17. The van der Waals surface area contributed by atoms with Crippen LogP contribution in [0, 0.1) is 0 Å². The molecular formula is C58H33NO2S. The van der Waals surface area contributed by atoms with Crippen molar-refractivity contribution < 1.29 is 8.83 Å². The third kappa shape index (κ3) is 4.75. The highest BCUT2D eigenvalue weighted by molar-refractivity contribution is 7.26. The minimum absolute atomic E-state index is 0.868. The Bertz CT molecular complexity index is 4190. The van der Waals surface area contributed by atoms with Gasteiger partial charge < -0.3 is 13.7 Å². The zero-order valence-corrected chi connectivity index (χ0v) is 34.0. The Labute approximate surface area is 358 Å². The van der Waals surface area contributed by atoms with Gasteiger partial charge in [-0.05, 0) is 110 Å². The Morgan fingerprint density at radius 3 is 1.77 bits per heavy atom. The van der Waals surface area contributed by atoms with Crippen molar-refractivity contribution in [3.63, 3.8) is 0 Å². The van der Waals surface area contributed by atoms with E-state index < -0.39 is 0 Å². The van der Waals surface area contributed by atoms with Crippen LogP contribution in [-0.4, -0.2) is 0 Å². The maximum absolute atomic E-state index is 6.87. The Morgan fingerprint density at radius 1 is 0.323 bits per heavy atom. The molecule has 0 saturated carbocycles. The quantitative estimate of drug-likeness (QED) is 0.166. The Hall–Kier alpha value is -7.92. The van der Waals surface area contributed by atoms with Gasteiger partial charge in [0.25, 0.3) is 0 Å². The van der Waals surface area contributed by atoms with Crippen LogP contribution < -0.4 is 4.90 Å². The second-order valence-electron chi connectivity index (χ2n) is 16.3. The van der Waals surface area contributed by atoms with Gasteiger partial charge in [0.1, 0.15) is 22.3 Å². The van der Waals surface area contributed by atoms with Gasteiger partial charge in [-0.25, -0.2) is 0 Å². The van der Waals surface area contributed by atoms with Gasteiger partial charge >= 0.3 is 0 Å². The molecule has 0 radical (unpaired) electrons. The van der Waals surface area contributed by atoms with Crippen LogP contribution >= 0.6 is 11.3 Å². The minimum atomic E-state index is 0.868. The molecule has 0 saturated heterocycles. The summed E-state index contributed by atoms with van der Waals surface area (Å²) in [6.07, 6.45) is 0. The van der Waals surface area contributed by atoms with Crippen LogP contribution in [0.15, 0.2) is 209 Å². The third-order valence-electron chi connectivity index (χ3n) is 13.0. The van der Waals surface area contributed by atoms with E-state index in [0.717, 1.165) is 82.8 Å². The van der Waals surface area contributed by atoms with E-state index in [4.69, 9.17) is 8.83 Å². The molecule has 0 aliphatic heterocycles. The number of furan rings is 2. The molecule has 0 fully saturated rings. The van der Waals surface area contributed by atoms with Crippen molar-refractivity contribution in [1.29, 1.82) is 0 Å². The van der Waals surface area contributed by atoms with Crippen LogP contribution in [0.5, 0.6) is 0 Å². The van der Waals surface area contributed by atoms with E-state index in [1.807, 2.05) is 17.4 Å². The van der Waals surface area contributed by atoms with E-state index in [0.29, 0.717) is 0 Å². The summed E-state index contributed by atoms with van der Waals surface area (Å²) in [7, 11) is 0. The minimum Gasteiger partial charge on any atom is -0.456 e. The van der Waals surface area contributed by atoms with E-state index in [9.17, 15) is 0 Å². The fourth-order valence-corrected chi connectivity index (χ4v) is 11.4. The summed E-state index contributed by atoms with van der Waals surface area (Å²) in [4.78, 5) is 2.51. The second-order valence-corrected chi connectivity index (χ2v) is 17.4. The molecule has 0 bridgehead atoms. The number of anilines is 3. The predicted octanol–water partition coefficient (Wildman–Crippen LogP) is 17.6. The normalized spacial score (nSPS) is 12.2. The average molecular weight is 808 g/mol. The van der Waals surface area contributed by atoms with E-state index >= 15 is 0 Å². The number of para-hydroxylation sites is 1. The van der Waals surface area contributed by atoms with Crippen LogP contribution in [0.3, 0.4) is 0 Å².